The molecular weight excluding hydrogens is 263 g/mol. The number of hydrogen-bond donors (Lipinski definition) is 2. The second kappa shape index (κ2) is 5.10. The number of nitrogens with one attached hydrogen (secondary N) is 1. The molecule has 0 saturated heterocycles. The fraction of sp³-hybridized carbons (Fsp3) is 0.636. The van der Waals surface area contributed by atoms with Crippen LogP contribution < -0.4 is 5.73 Å². The number of rotatable bonds is 4. The van der Waals surface area contributed by atoms with Gasteiger partial charge in [-0.05, 0) is 20.3 Å². The molecule has 0 radical (unpaired) electrons. The van der Waals surface area contributed by atoms with E-state index in [2.05, 4.69) is 9.97 Å². The van der Waals surface area contributed by atoms with Crippen molar-refractivity contribution in [2.24, 2.45) is 5.73 Å². The minimum Gasteiger partial charge on any atom is -0.444 e. The molecular formula is C11H16F3N3O2. The number of carbonyl (C=O) groups excluding carboxylic acids is 1. The normalized spacial score (nSPS) is 14.2. The molecule has 1 rings (SSSR count). The maximum atomic E-state index is 12.4. The van der Waals surface area contributed by atoms with E-state index in [9.17, 15) is 18.0 Å². The van der Waals surface area contributed by atoms with Gasteiger partial charge in [-0.15, -0.1) is 0 Å². The number of aromatic amines is 1. The highest BCUT2D eigenvalue weighted by Gasteiger charge is 2.34. The van der Waals surface area contributed by atoms with Gasteiger partial charge in [0.2, 0.25) is 0 Å². The molecule has 0 aromatic carbocycles. The lowest BCUT2D eigenvalue weighted by atomic mass is 9.94. The first-order chi connectivity index (χ1) is 8.51. The van der Waals surface area contributed by atoms with E-state index in [4.69, 9.17) is 10.5 Å². The summed E-state index contributed by atoms with van der Waals surface area (Å²) in [6.07, 6.45) is -4.34. The fourth-order valence-electron chi connectivity index (χ4n) is 1.88. The van der Waals surface area contributed by atoms with E-state index in [1.54, 1.807) is 20.8 Å². The minimum atomic E-state index is -4.45. The zero-order chi connectivity index (χ0) is 14.8. The van der Waals surface area contributed by atoms with E-state index >= 15 is 0 Å². The Morgan fingerprint density at radius 1 is 1.53 bits per heavy atom. The van der Waals surface area contributed by atoms with Gasteiger partial charge >= 0.3 is 12.3 Å². The van der Waals surface area contributed by atoms with Crippen molar-refractivity contribution >= 4 is 6.09 Å². The van der Waals surface area contributed by atoms with Crippen LogP contribution in [-0.4, -0.2) is 21.7 Å². The van der Waals surface area contributed by atoms with Gasteiger partial charge in [0, 0.05) is 5.92 Å². The van der Waals surface area contributed by atoms with Crippen LogP contribution in [-0.2, 0) is 10.9 Å². The molecule has 1 atom stereocenters. The number of nitrogens with zero attached hydrogens (tertiary/aromatic N) is 1. The molecule has 0 aliphatic rings. The van der Waals surface area contributed by atoms with E-state index in [0.29, 0.717) is 6.42 Å². The van der Waals surface area contributed by atoms with Crippen LogP contribution >= 0.6 is 0 Å². The number of primary amides is 1. The van der Waals surface area contributed by atoms with Gasteiger partial charge in [0.15, 0.2) is 0 Å². The number of H-pyrrole nitrogens is 1. The molecule has 1 amide bonds. The van der Waals surface area contributed by atoms with Crippen molar-refractivity contribution in [2.45, 2.75) is 44.9 Å². The molecule has 19 heavy (non-hydrogen) atoms. The monoisotopic (exact) mass is 279 g/mol. The summed E-state index contributed by atoms with van der Waals surface area (Å²) in [5, 5.41) is 0. The van der Waals surface area contributed by atoms with Crippen LogP contribution in [0.15, 0.2) is 6.20 Å². The van der Waals surface area contributed by atoms with Gasteiger partial charge in [-0.2, -0.15) is 13.2 Å². The van der Waals surface area contributed by atoms with E-state index in [-0.39, 0.29) is 11.7 Å². The quantitative estimate of drug-likeness (QED) is 0.889. The maximum absolute atomic E-state index is 12.4. The first-order valence-electron chi connectivity index (χ1n) is 5.62. The Morgan fingerprint density at radius 2 is 2.11 bits per heavy atom. The Kier molecular flexibility index (Phi) is 4.12. The zero-order valence-electron chi connectivity index (χ0n) is 10.8. The number of ether oxygens (including phenoxy) is 1. The summed E-state index contributed by atoms with van der Waals surface area (Å²) in [5.41, 5.74) is 3.14. The summed E-state index contributed by atoms with van der Waals surface area (Å²) < 4.78 is 42.1. The number of nitrogens with two attached hydrogens (primary N) is 1. The van der Waals surface area contributed by atoms with Gasteiger partial charge in [-0.3, -0.25) is 0 Å². The van der Waals surface area contributed by atoms with E-state index in [1.807, 2.05) is 0 Å². The number of amides is 1. The number of carbonyl (C=O) groups is 1. The molecule has 0 aliphatic heterocycles. The summed E-state index contributed by atoms with van der Waals surface area (Å²) in [4.78, 5) is 16.6. The molecule has 1 aromatic heterocycles. The van der Waals surface area contributed by atoms with Crippen LogP contribution in [0.1, 0.15) is 44.6 Å². The lowest BCUT2D eigenvalue weighted by molar-refractivity contribution is -0.140. The summed E-state index contributed by atoms with van der Waals surface area (Å²) in [6.45, 7) is 4.94. The first-order valence-corrected chi connectivity index (χ1v) is 5.62. The van der Waals surface area contributed by atoms with Crippen LogP contribution in [0.5, 0.6) is 0 Å². The molecule has 8 heteroatoms. The van der Waals surface area contributed by atoms with Crippen molar-refractivity contribution in [2.75, 3.05) is 0 Å². The largest absolute Gasteiger partial charge is 0.444 e. The second-order valence-corrected chi connectivity index (χ2v) is 4.97. The Morgan fingerprint density at radius 3 is 2.53 bits per heavy atom. The summed E-state index contributed by atoms with van der Waals surface area (Å²) in [5.74, 6) is -0.154. The SMILES string of the molecule is C[C@@H](CC(C)(C)OC(N)=O)c1ncc(C(F)(F)F)[nH]1. The van der Waals surface area contributed by atoms with Crippen molar-refractivity contribution in [3.05, 3.63) is 17.7 Å². The minimum absolute atomic E-state index is 0.188. The van der Waals surface area contributed by atoms with Gasteiger partial charge in [-0.1, -0.05) is 6.92 Å². The van der Waals surface area contributed by atoms with Crippen LogP contribution in [0, 0.1) is 0 Å². The summed E-state index contributed by atoms with van der Waals surface area (Å²) in [6, 6.07) is 0. The first kappa shape index (κ1) is 15.3. The molecule has 1 aromatic rings. The van der Waals surface area contributed by atoms with Gasteiger partial charge < -0.3 is 15.5 Å². The molecule has 5 nitrogen and oxygen atoms in total. The lowest BCUT2D eigenvalue weighted by Gasteiger charge is -2.26. The topological polar surface area (TPSA) is 81.0 Å². The van der Waals surface area contributed by atoms with Gasteiger partial charge in [-0.25, -0.2) is 9.78 Å². The third-order valence-corrected chi connectivity index (χ3v) is 2.54. The Balaban J connectivity index is 2.76. The molecule has 1 heterocycles. The van der Waals surface area contributed by atoms with Gasteiger partial charge in [0.1, 0.15) is 17.1 Å². The van der Waals surface area contributed by atoms with E-state index in [1.165, 1.54) is 0 Å². The lowest BCUT2D eigenvalue weighted by Crippen LogP contribution is -2.32. The Labute approximate surface area is 108 Å². The average molecular weight is 279 g/mol. The van der Waals surface area contributed by atoms with E-state index in [0.717, 1.165) is 6.20 Å². The van der Waals surface area contributed by atoms with E-state index < -0.39 is 23.6 Å². The zero-order valence-corrected chi connectivity index (χ0v) is 10.8. The molecule has 0 aliphatic carbocycles. The third kappa shape index (κ3) is 4.46. The highest BCUT2D eigenvalue weighted by molar-refractivity contribution is 5.65. The molecule has 0 spiro atoms. The van der Waals surface area contributed by atoms with Gasteiger partial charge in [0.25, 0.3) is 0 Å². The Bertz CT molecular complexity index is 454. The number of imidazole rings is 1. The van der Waals surface area contributed by atoms with Crippen LogP contribution in [0.2, 0.25) is 0 Å². The molecule has 108 valence electrons. The number of hydrogen-bond acceptors (Lipinski definition) is 3. The van der Waals surface area contributed by atoms with Crippen LogP contribution in [0.3, 0.4) is 0 Å². The highest BCUT2D eigenvalue weighted by Crippen LogP contribution is 2.31. The molecule has 0 fully saturated rings. The second-order valence-electron chi connectivity index (χ2n) is 4.97. The molecule has 3 N–H and O–H groups in total. The molecule has 0 unspecified atom stereocenters. The van der Waals surface area contributed by atoms with Crippen molar-refractivity contribution < 1.29 is 22.7 Å². The average Bonchev–Trinajstić information content (AvgIpc) is 2.61. The van der Waals surface area contributed by atoms with Crippen LogP contribution in [0.4, 0.5) is 18.0 Å². The molecule has 0 saturated carbocycles. The number of alkyl halides is 3. The predicted octanol–water partition coefficient (Wildman–Crippen LogP) is 2.80. The highest BCUT2D eigenvalue weighted by atomic mass is 19.4. The predicted molar refractivity (Wildman–Crippen MR) is 61.4 cm³/mol. The standard InChI is InChI=1S/C11H16F3N3O2/c1-6(4-10(2,3)19-9(15)18)8-16-5-7(17-8)11(12,13)14/h5-6H,4H2,1-3H3,(H2,15,18)(H,16,17)/t6-/m0/s1. The van der Waals surface area contributed by atoms with Gasteiger partial charge in [0.05, 0.1) is 6.20 Å². The third-order valence-electron chi connectivity index (χ3n) is 2.54. The van der Waals surface area contributed by atoms with Crippen LogP contribution in [0.25, 0.3) is 0 Å². The number of aromatic nitrogens is 2. The van der Waals surface area contributed by atoms with Crippen molar-refractivity contribution in [1.82, 2.24) is 9.97 Å². The number of halogens is 3. The summed E-state index contributed by atoms with van der Waals surface area (Å²) >= 11 is 0. The molecule has 0 bridgehead atoms. The van der Waals surface area contributed by atoms with Crippen molar-refractivity contribution in [3.63, 3.8) is 0 Å². The smallest absolute Gasteiger partial charge is 0.432 e. The van der Waals surface area contributed by atoms with Crippen molar-refractivity contribution in [3.8, 4) is 0 Å². The summed E-state index contributed by atoms with van der Waals surface area (Å²) in [7, 11) is 0. The fourth-order valence-corrected chi connectivity index (χ4v) is 1.88. The Hall–Kier alpha value is -1.73. The van der Waals surface area contributed by atoms with Crippen molar-refractivity contribution in [1.29, 1.82) is 0 Å². The maximum Gasteiger partial charge on any atom is 0.432 e.